The molecule has 3 rings (SSSR count). The SMILES string of the molecule is CN=C(NCCc1c[nH]c2cc(F)ccc12)NCC(C)(C)N1CC(C)OC(C)C1. The Balaban J connectivity index is 1.50. The van der Waals surface area contributed by atoms with Gasteiger partial charge in [0.1, 0.15) is 5.82 Å². The average Bonchev–Trinajstić information content (AvgIpc) is 3.05. The lowest BCUT2D eigenvalue weighted by Crippen LogP contribution is -2.59. The van der Waals surface area contributed by atoms with Gasteiger partial charge in [-0.3, -0.25) is 9.89 Å². The summed E-state index contributed by atoms with van der Waals surface area (Å²) in [5.41, 5.74) is 1.99. The molecule has 6 nitrogen and oxygen atoms in total. The van der Waals surface area contributed by atoms with Crippen molar-refractivity contribution in [2.75, 3.05) is 33.2 Å². The normalized spacial score (nSPS) is 21.5. The Labute approximate surface area is 172 Å². The molecule has 0 radical (unpaired) electrons. The zero-order valence-electron chi connectivity index (χ0n) is 18.2. The smallest absolute Gasteiger partial charge is 0.191 e. The zero-order valence-corrected chi connectivity index (χ0v) is 18.2. The van der Waals surface area contributed by atoms with Crippen molar-refractivity contribution in [3.63, 3.8) is 0 Å². The first kappa shape index (κ1) is 21.6. The Kier molecular flexibility index (Phi) is 6.80. The molecule has 7 heteroatoms. The number of aromatic amines is 1. The van der Waals surface area contributed by atoms with Crippen LogP contribution < -0.4 is 10.6 Å². The van der Waals surface area contributed by atoms with Crippen molar-refractivity contribution in [1.82, 2.24) is 20.5 Å². The van der Waals surface area contributed by atoms with E-state index in [1.54, 1.807) is 7.05 Å². The van der Waals surface area contributed by atoms with Crippen LogP contribution in [0.3, 0.4) is 0 Å². The van der Waals surface area contributed by atoms with Gasteiger partial charge >= 0.3 is 0 Å². The molecule has 2 heterocycles. The fourth-order valence-electron chi connectivity index (χ4n) is 3.99. The maximum atomic E-state index is 13.3. The largest absolute Gasteiger partial charge is 0.373 e. The van der Waals surface area contributed by atoms with Crippen LogP contribution in [0.4, 0.5) is 4.39 Å². The number of rotatable bonds is 6. The van der Waals surface area contributed by atoms with E-state index in [2.05, 4.69) is 53.2 Å². The fraction of sp³-hybridized carbons (Fsp3) is 0.591. The number of H-pyrrole nitrogens is 1. The summed E-state index contributed by atoms with van der Waals surface area (Å²) >= 11 is 0. The van der Waals surface area contributed by atoms with Crippen LogP contribution in [0.1, 0.15) is 33.3 Å². The van der Waals surface area contributed by atoms with Gasteiger partial charge in [0.2, 0.25) is 0 Å². The first-order valence-electron chi connectivity index (χ1n) is 10.4. The molecule has 3 N–H and O–H groups in total. The quantitative estimate of drug-likeness (QED) is 0.513. The molecule has 0 amide bonds. The Morgan fingerprint density at radius 1 is 1.28 bits per heavy atom. The number of morpholine rings is 1. The van der Waals surface area contributed by atoms with E-state index in [9.17, 15) is 4.39 Å². The average molecular weight is 404 g/mol. The van der Waals surface area contributed by atoms with Gasteiger partial charge in [-0.05, 0) is 57.9 Å². The van der Waals surface area contributed by atoms with Gasteiger partial charge in [0.15, 0.2) is 5.96 Å². The summed E-state index contributed by atoms with van der Waals surface area (Å²) in [5.74, 6) is 0.568. The first-order chi connectivity index (χ1) is 13.8. The summed E-state index contributed by atoms with van der Waals surface area (Å²) in [5, 5.41) is 7.91. The van der Waals surface area contributed by atoms with E-state index >= 15 is 0 Å². The van der Waals surface area contributed by atoms with Crippen LogP contribution >= 0.6 is 0 Å². The molecule has 0 aliphatic carbocycles. The van der Waals surface area contributed by atoms with Gasteiger partial charge in [0, 0.05) is 55.9 Å². The molecule has 2 unspecified atom stereocenters. The van der Waals surface area contributed by atoms with E-state index in [1.165, 1.54) is 17.7 Å². The number of hydrogen-bond acceptors (Lipinski definition) is 3. The van der Waals surface area contributed by atoms with E-state index in [0.717, 1.165) is 49.5 Å². The van der Waals surface area contributed by atoms with Gasteiger partial charge in [-0.1, -0.05) is 0 Å². The fourth-order valence-corrected chi connectivity index (χ4v) is 3.99. The zero-order chi connectivity index (χ0) is 21.0. The molecule has 0 saturated carbocycles. The maximum Gasteiger partial charge on any atom is 0.191 e. The number of fused-ring (bicyclic) bond motifs is 1. The first-order valence-corrected chi connectivity index (χ1v) is 10.4. The molecule has 0 spiro atoms. The van der Waals surface area contributed by atoms with E-state index in [-0.39, 0.29) is 23.6 Å². The third-order valence-electron chi connectivity index (χ3n) is 5.60. The molecule has 1 aliphatic heterocycles. The van der Waals surface area contributed by atoms with E-state index in [4.69, 9.17) is 4.74 Å². The van der Waals surface area contributed by atoms with Crippen molar-refractivity contribution in [2.24, 2.45) is 4.99 Å². The Morgan fingerprint density at radius 3 is 2.69 bits per heavy atom. The van der Waals surface area contributed by atoms with E-state index in [1.807, 2.05) is 12.3 Å². The number of aromatic nitrogens is 1. The van der Waals surface area contributed by atoms with Crippen LogP contribution in [0.5, 0.6) is 0 Å². The number of guanidine groups is 1. The van der Waals surface area contributed by atoms with E-state index in [0.29, 0.717) is 0 Å². The summed E-state index contributed by atoms with van der Waals surface area (Å²) in [4.78, 5) is 9.98. The van der Waals surface area contributed by atoms with Gasteiger partial charge < -0.3 is 20.4 Å². The summed E-state index contributed by atoms with van der Waals surface area (Å²) < 4.78 is 19.2. The number of hydrogen-bond donors (Lipinski definition) is 3. The van der Waals surface area contributed by atoms with Crippen LogP contribution in [-0.2, 0) is 11.2 Å². The van der Waals surface area contributed by atoms with Gasteiger partial charge in [0.25, 0.3) is 0 Å². The van der Waals surface area contributed by atoms with Crippen LogP contribution in [0.15, 0.2) is 29.4 Å². The Morgan fingerprint density at radius 2 is 2.00 bits per heavy atom. The number of nitrogens with one attached hydrogen (secondary N) is 3. The topological polar surface area (TPSA) is 64.7 Å². The standard InChI is InChI=1S/C22H34FN5O/c1-15-12-28(13-16(2)29-15)22(3,4)14-27-21(24-5)25-9-8-17-11-26-20-10-18(23)6-7-19(17)20/h6-7,10-11,15-16,26H,8-9,12-14H2,1-5H3,(H2,24,25,27). The maximum absolute atomic E-state index is 13.3. The predicted octanol–water partition coefficient (Wildman–Crippen LogP) is 2.90. The molecule has 1 aromatic heterocycles. The van der Waals surface area contributed by atoms with Crippen LogP contribution in [0.2, 0.25) is 0 Å². The predicted molar refractivity (Wildman–Crippen MR) is 117 cm³/mol. The highest BCUT2D eigenvalue weighted by molar-refractivity contribution is 5.83. The second kappa shape index (κ2) is 9.13. The van der Waals surface area contributed by atoms with Crippen molar-refractivity contribution >= 4 is 16.9 Å². The highest BCUT2D eigenvalue weighted by Gasteiger charge is 2.33. The lowest BCUT2D eigenvalue weighted by atomic mass is 10.00. The summed E-state index contributed by atoms with van der Waals surface area (Å²) in [6, 6.07) is 4.86. The molecule has 1 aliphatic rings. The number of aliphatic imine (C=N–C) groups is 1. The minimum absolute atomic E-state index is 0.00909. The third-order valence-corrected chi connectivity index (χ3v) is 5.60. The molecular formula is C22H34FN5O. The molecule has 2 atom stereocenters. The Bertz CT molecular complexity index is 837. The van der Waals surface area contributed by atoms with Crippen molar-refractivity contribution < 1.29 is 9.13 Å². The molecule has 1 saturated heterocycles. The minimum Gasteiger partial charge on any atom is -0.373 e. The molecule has 160 valence electrons. The lowest BCUT2D eigenvalue weighted by Gasteiger charge is -2.45. The number of halogens is 1. The summed E-state index contributed by atoms with van der Waals surface area (Å²) in [6.45, 7) is 12.2. The highest BCUT2D eigenvalue weighted by Crippen LogP contribution is 2.21. The molecule has 2 aromatic rings. The van der Waals surface area contributed by atoms with Gasteiger partial charge in [0.05, 0.1) is 12.2 Å². The lowest BCUT2D eigenvalue weighted by molar-refractivity contribution is -0.0946. The van der Waals surface area contributed by atoms with E-state index < -0.39 is 0 Å². The van der Waals surface area contributed by atoms with Crippen molar-refractivity contribution in [1.29, 1.82) is 0 Å². The van der Waals surface area contributed by atoms with Gasteiger partial charge in [-0.15, -0.1) is 0 Å². The highest BCUT2D eigenvalue weighted by atomic mass is 19.1. The second-order valence-electron chi connectivity index (χ2n) is 8.58. The minimum atomic E-state index is -0.222. The molecule has 0 bridgehead atoms. The van der Waals surface area contributed by atoms with Crippen molar-refractivity contribution in [3.8, 4) is 0 Å². The molecule has 29 heavy (non-hydrogen) atoms. The summed E-state index contributed by atoms with van der Waals surface area (Å²) in [6.07, 6.45) is 3.28. The summed E-state index contributed by atoms with van der Waals surface area (Å²) in [7, 11) is 1.79. The third kappa shape index (κ3) is 5.48. The monoisotopic (exact) mass is 403 g/mol. The van der Waals surface area contributed by atoms with Crippen LogP contribution in [-0.4, -0.2) is 66.8 Å². The van der Waals surface area contributed by atoms with Gasteiger partial charge in [-0.25, -0.2) is 4.39 Å². The number of nitrogens with zero attached hydrogens (tertiary/aromatic N) is 2. The second-order valence-corrected chi connectivity index (χ2v) is 8.58. The van der Waals surface area contributed by atoms with Crippen LogP contribution in [0.25, 0.3) is 10.9 Å². The molecular weight excluding hydrogens is 369 g/mol. The number of benzene rings is 1. The van der Waals surface area contributed by atoms with Crippen molar-refractivity contribution in [3.05, 3.63) is 35.8 Å². The number of ether oxygens (including phenoxy) is 1. The molecule has 1 aromatic carbocycles. The van der Waals surface area contributed by atoms with Crippen LogP contribution in [0, 0.1) is 5.82 Å². The van der Waals surface area contributed by atoms with Gasteiger partial charge in [-0.2, -0.15) is 0 Å². The Hall–Kier alpha value is -2.12. The van der Waals surface area contributed by atoms with Crippen molar-refractivity contribution in [2.45, 2.75) is 51.9 Å². The molecule has 1 fully saturated rings.